The summed E-state index contributed by atoms with van der Waals surface area (Å²) in [4.78, 5) is 138. The van der Waals surface area contributed by atoms with Crippen LogP contribution in [-0.4, -0.2) is 145 Å². The van der Waals surface area contributed by atoms with Crippen LogP contribution in [0.15, 0.2) is 30.3 Å². The fourth-order valence-electron chi connectivity index (χ4n) is 6.57. The molecule has 0 saturated heterocycles. The van der Waals surface area contributed by atoms with E-state index < -0.39 is 157 Å². The van der Waals surface area contributed by atoms with Gasteiger partial charge in [-0.2, -0.15) is 0 Å². The fourth-order valence-corrected chi connectivity index (χ4v) is 6.57. The average molecular weight is 965 g/mol. The standard InChI is InChI=1S/C44H68N8O16/c1-21(2)17-29(49-42(65)30(20-35(58)59)50-43(66)36(22(3)4)52-40(63)27(45)13-15-33(54)55)32(53)18-23(5)37(60)46-24(6)38(61)47-25(7)39(62)48-28(14-16-34(56)57)41(64)51-31(44(67)68)19-26-11-9-8-10-12-26/h8-12,21-25,27-32,36,53H,13-20,45H2,1-7H3,(H,46,60)(H,47,61)(H,48,62)(H,49,65)(H,50,66)(H,51,64)(H,52,63)(H,54,55)(H,56,57)(H,58,59)(H,67,68)/t23?,24-,25-,27-,28-,29?,30-,31-,32?,36-/m0/s1. The van der Waals surface area contributed by atoms with Crippen molar-refractivity contribution in [2.45, 2.75) is 154 Å². The van der Waals surface area contributed by atoms with Crippen LogP contribution in [0.2, 0.25) is 0 Å². The van der Waals surface area contributed by atoms with Crippen LogP contribution in [-0.2, 0) is 59.2 Å². The number of aliphatic hydroxyl groups excluding tert-OH is 1. The minimum absolute atomic E-state index is 0.109. The van der Waals surface area contributed by atoms with Crippen LogP contribution in [0.1, 0.15) is 99.0 Å². The van der Waals surface area contributed by atoms with Gasteiger partial charge in [-0.25, -0.2) is 4.79 Å². The van der Waals surface area contributed by atoms with Gasteiger partial charge in [0.15, 0.2) is 0 Å². The molecule has 0 radical (unpaired) electrons. The van der Waals surface area contributed by atoms with Crippen LogP contribution in [0.3, 0.4) is 0 Å². The molecule has 0 spiro atoms. The van der Waals surface area contributed by atoms with Crippen LogP contribution in [0, 0.1) is 17.8 Å². The zero-order valence-corrected chi connectivity index (χ0v) is 39.3. The number of nitrogens with two attached hydrogens (primary N) is 1. The zero-order chi connectivity index (χ0) is 52.0. The lowest BCUT2D eigenvalue weighted by atomic mass is 9.92. The van der Waals surface area contributed by atoms with Crippen LogP contribution < -0.4 is 43.0 Å². The van der Waals surface area contributed by atoms with Gasteiger partial charge < -0.3 is 68.5 Å². The largest absolute Gasteiger partial charge is 0.481 e. The van der Waals surface area contributed by atoms with Crippen molar-refractivity contribution in [3.05, 3.63) is 35.9 Å². The summed E-state index contributed by atoms with van der Waals surface area (Å²) in [7, 11) is 0. The number of benzene rings is 1. The monoisotopic (exact) mass is 964 g/mol. The zero-order valence-electron chi connectivity index (χ0n) is 39.3. The van der Waals surface area contributed by atoms with E-state index in [1.165, 1.54) is 20.8 Å². The highest BCUT2D eigenvalue weighted by molar-refractivity contribution is 5.96. The summed E-state index contributed by atoms with van der Waals surface area (Å²) >= 11 is 0. The van der Waals surface area contributed by atoms with Crippen molar-refractivity contribution in [3.8, 4) is 0 Å². The molecule has 1 aromatic carbocycles. The first-order valence-electron chi connectivity index (χ1n) is 22.1. The molecule has 1 rings (SSSR count). The van der Waals surface area contributed by atoms with Crippen molar-refractivity contribution in [1.29, 1.82) is 0 Å². The van der Waals surface area contributed by atoms with Crippen molar-refractivity contribution in [2.24, 2.45) is 23.5 Å². The summed E-state index contributed by atoms with van der Waals surface area (Å²) < 4.78 is 0. The van der Waals surface area contributed by atoms with Gasteiger partial charge in [0.25, 0.3) is 0 Å². The van der Waals surface area contributed by atoms with E-state index in [0.29, 0.717) is 5.56 Å². The van der Waals surface area contributed by atoms with E-state index in [0.717, 1.165) is 0 Å². The number of carbonyl (C=O) groups is 11. The predicted octanol–water partition coefficient (Wildman–Crippen LogP) is -1.63. The number of carbonyl (C=O) groups excluding carboxylic acids is 7. The molecule has 24 nitrogen and oxygen atoms in total. The normalized spacial score (nSPS) is 15.6. The second-order valence-corrected chi connectivity index (χ2v) is 17.4. The molecule has 0 heterocycles. The molecule has 14 N–H and O–H groups in total. The van der Waals surface area contributed by atoms with Gasteiger partial charge in [-0.15, -0.1) is 0 Å². The molecule has 10 atom stereocenters. The lowest BCUT2D eigenvalue weighted by molar-refractivity contribution is -0.143. The summed E-state index contributed by atoms with van der Waals surface area (Å²) in [5.41, 5.74) is 6.36. The molecule has 0 aromatic heterocycles. The highest BCUT2D eigenvalue weighted by atomic mass is 16.4. The van der Waals surface area contributed by atoms with Crippen LogP contribution in [0.4, 0.5) is 0 Å². The van der Waals surface area contributed by atoms with Crippen molar-refractivity contribution < 1.29 is 78.3 Å². The lowest BCUT2D eigenvalue weighted by Crippen LogP contribution is -2.59. The summed E-state index contributed by atoms with van der Waals surface area (Å²) in [6.45, 7) is 10.6. The van der Waals surface area contributed by atoms with Gasteiger partial charge in [0.2, 0.25) is 41.4 Å². The maximum Gasteiger partial charge on any atom is 0.326 e. The minimum Gasteiger partial charge on any atom is -0.481 e. The second kappa shape index (κ2) is 29.2. The van der Waals surface area contributed by atoms with Gasteiger partial charge in [-0.05, 0) is 56.9 Å². The molecule has 380 valence electrons. The van der Waals surface area contributed by atoms with Gasteiger partial charge >= 0.3 is 23.9 Å². The first-order valence-corrected chi connectivity index (χ1v) is 22.1. The highest BCUT2D eigenvalue weighted by Crippen LogP contribution is 2.17. The van der Waals surface area contributed by atoms with Crippen LogP contribution in [0.5, 0.6) is 0 Å². The molecular formula is C44H68N8O16. The molecule has 3 unspecified atom stereocenters. The Kier molecular flexibility index (Phi) is 25.4. The Morgan fingerprint density at radius 2 is 1.03 bits per heavy atom. The Labute approximate surface area is 393 Å². The molecule has 0 aliphatic heterocycles. The predicted molar refractivity (Wildman–Crippen MR) is 241 cm³/mol. The van der Waals surface area contributed by atoms with Gasteiger partial charge in [0, 0.05) is 25.2 Å². The smallest absolute Gasteiger partial charge is 0.326 e. The maximum atomic E-state index is 13.6. The van der Waals surface area contributed by atoms with E-state index >= 15 is 0 Å². The first-order chi connectivity index (χ1) is 31.6. The van der Waals surface area contributed by atoms with Crippen molar-refractivity contribution in [2.75, 3.05) is 0 Å². The summed E-state index contributed by atoms with van der Waals surface area (Å²) in [5.74, 6) is -13.4. The topological polar surface area (TPSA) is 399 Å². The molecule has 24 heteroatoms. The SMILES string of the molecule is CC(C)CC(NC(=O)[C@H](CC(=O)O)NC(=O)[C@@H](NC(=O)[C@@H](N)CCC(=O)O)C(C)C)C(O)CC(C)C(=O)N[C@@H](C)C(=O)N[C@@H](C)C(=O)N[C@@H](CCC(=O)O)C(=O)N[C@@H](Cc1ccccc1)C(=O)O. The third-order valence-electron chi connectivity index (χ3n) is 10.5. The molecule has 0 saturated carbocycles. The van der Waals surface area contributed by atoms with Gasteiger partial charge in [-0.3, -0.25) is 47.9 Å². The van der Waals surface area contributed by atoms with Gasteiger partial charge in [0.05, 0.1) is 24.6 Å². The Bertz CT molecular complexity index is 1930. The molecule has 0 fully saturated rings. The summed E-state index contributed by atoms with van der Waals surface area (Å²) in [5, 5.41) is 65.5. The summed E-state index contributed by atoms with van der Waals surface area (Å²) in [6, 6.07) is -2.56. The van der Waals surface area contributed by atoms with E-state index in [2.05, 4.69) is 37.2 Å². The number of hydrogen-bond acceptors (Lipinski definition) is 13. The first kappa shape index (κ1) is 59.3. The number of carboxylic acid groups (broad SMARTS) is 4. The average Bonchev–Trinajstić information content (AvgIpc) is 3.24. The maximum absolute atomic E-state index is 13.6. The Hall–Kier alpha value is -6.69. The molecular weight excluding hydrogens is 897 g/mol. The van der Waals surface area contributed by atoms with E-state index in [9.17, 15) is 73.2 Å². The molecule has 0 aliphatic carbocycles. The molecule has 0 aliphatic rings. The van der Waals surface area contributed by atoms with Gasteiger partial charge in [-0.1, -0.05) is 65.0 Å². The molecule has 1 aromatic rings. The van der Waals surface area contributed by atoms with E-state index in [-0.39, 0.29) is 31.6 Å². The van der Waals surface area contributed by atoms with Crippen molar-refractivity contribution in [3.63, 3.8) is 0 Å². The number of amides is 7. The number of hydrogen-bond donors (Lipinski definition) is 13. The Morgan fingerprint density at radius 3 is 1.54 bits per heavy atom. The van der Waals surface area contributed by atoms with E-state index in [1.807, 2.05) is 0 Å². The third-order valence-corrected chi connectivity index (χ3v) is 10.5. The van der Waals surface area contributed by atoms with Crippen molar-refractivity contribution in [1.82, 2.24) is 37.2 Å². The fraction of sp³-hybridized carbons (Fsp3) is 0.614. The molecule has 0 bridgehead atoms. The number of aliphatic carboxylic acids is 4. The molecule has 68 heavy (non-hydrogen) atoms. The third kappa shape index (κ3) is 22.2. The number of rotatable bonds is 31. The number of aliphatic hydroxyl groups is 1. The Morgan fingerprint density at radius 1 is 0.529 bits per heavy atom. The highest BCUT2D eigenvalue weighted by Gasteiger charge is 2.35. The Balaban J connectivity index is 3.01. The summed E-state index contributed by atoms with van der Waals surface area (Å²) in [6.07, 6.45) is -4.24. The van der Waals surface area contributed by atoms with Crippen LogP contribution in [0.25, 0.3) is 0 Å². The number of nitrogens with one attached hydrogen (secondary N) is 7. The quantitative estimate of drug-likeness (QED) is 0.0397. The number of carboxylic acids is 4. The van der Waals surface area contributed by atoms with Crippen LogP contribution >= 0.6 is 0 Å². The van der Waals surface area contributed by atoms with Crippen molar-refractivity contribution >= 4 is 65.2 Å². The second-order valence-electron chi connectivity index (χ2n) is 17.4. The minimum atomic E-state index is -1.70. The van der Waals surface area contributed by atoms with E-state index in [4.69, 9.17) is 10.8 Å². The molecule has 7 amide bonds. The van der Waals surface area contributed by atoms with Gasteiger partial charge in [0.1, 0.15) is 36.3 Å². The lowest BCUT2D eigenvalue weighted by Gasteiger charge is -2.30. The van der Waals surface area contributed by atoms with E-state index in [1.54, 1.807) is 58.0 Å².